The molecular weight excluding hydrogens is 576 g/mol. The van der Waals surface area contributed by atoms with Gasteiger partial charge in [0.25, 0.3) is 5.56 Å². The Bertz CT molecular complexity index is 1360. The van der Waals surface area contributed by atoms with Gasteiger partial charge in [-0.1, -0.05) is 5.11 Å². The van der Waals surface area contributed by atoms with E-state index in [1.54, 1.807) is 41.5 Å². The molecule has 1 aromatic rings. The van der Waals surface area contributed by atoms with Gasteiger partial charge in [0, 0.05) is 17.2 Å². The number of azide groups is 1. The molecule has 1 saturated heterocycles. The standard InChI is InChI=1S/C22H31FN5O12P/c1-19(2,3)16(30)35-10-38-41(34,39-11-36-17(31)20(4,5)6)37-9-21-15(26-27-24)22(21,33)13(23)14(40-21)28-8-7-12(29)25-18(28)32/h7-8,13-15,33H,9-11H2,1-6H3,(H,25,29,32)/t13-,14+,15?,21-,22+/m0/s1. The van der Waals surface area contributed by atoms with E-state index in [9.17, 15) is 28.8 Å². The number of fused-ring (bicyclic) bond motifs is 1. The molecule has 1 aliphatic heterocycles. The highest BCUT2D eigenvalue weighted by Crippen LogP contribution is 2.66. The van der Waals surface area contributed by atoms with Crippen molar-refractivity contribution < 1.29 is 51.4 Å². The minimum atomic E-state index is -4.83. The first kappa shape index (κ1) is 32.4. The number of carbonyl (C=O) groups excluding carboxylic acids is 2. The first-order chi connectivity index (χ1) is 18.8. The van der Waals surface area contributed by atoms with E-state index in [-0.39, 0.29) is 0 Å². The van der Waals surface area contributed by atoms with Crippen LogP contribution in [0.15, 0.2) is 27.0 Å². The van der Waals surface area contributed by atoms with Crippen LogP contribution in [0.3, 0.4) is 0 Å². The lowest BCUT2D eigenvalue weighted by Gasteiger charge is -2.24. The van der Waals surface area contributed by atoms with Crippen LogP contribution >= 0.6 is 7.82 Å². The third kappa shape index (κ3) is 6.38. The first-order valence-corrected chi connectivity index (χ1v) is 13.6. The number of aromatic nitrogens is 2. The zero-order chi connectivity index (χ0) is 31.0. The highest BCUT2D eigenvalue weighted by Gasteiger charge is 2.88. The molecule has 1 aromatic heterocycles. The van der Waals surface area contributed by atoms with Crippen LogP contribution in [-0.2, 0) is 41.9 Å². The Morgan fingerprint density at radius 2 is 1.68 bits per heavy atom. The summed E-state index contributed by atoms with van der Waals surface area (Å²) in [5, 5.41) is 14.4. The zero-order valence-corrected chi connectivity index (χ0v) is 24.0. The maximum Gasteiger partial charge on any atom is 0.480 e. The van der Waals surface area contributed by atoms with Gasteiger partial charge in [0.15, 0.2) is 12.4 Å². The Morgan fingerprint density at radius 3 is 2.15 bits per heavy atom. The molecule has 3 rings (SSSR count). The SMILES string of the molecule is CC(C)(C)C(=O)OCOP(=O)(OCOC(=O)C(C)(C)C)OC[C@@]12O[C@@H](n3ccc(=O)[nH]c3=O)[C@H](F)[C@@]1(O)C2N=[N+]=[N-]. The molecule has 0 amide bonds. The molecule has 17 nitrogen and oxygen atoms in total. The number of nitrogens with zero attached hydrogens (tertiary/aromatic N) is 4. The molecular formula is C22H31FN5O12P. The number of H-pyrrole nitrogens is 1. The molecule has 2 aliphatic rings. The summed E-state index contributed by atoms with van der Waals surface area (Å²) in [7, 11) is -4.83. The van der Waals surface area contributed by atoms with Crippen molar-refractivity contribution in [3.05, 3.63) is 43.5 Å². The molecule has 0 aromatic carbocycles. The lowest BCUT2D eigenvalue weighted by Crippen LogP contribution is -2.39. The second-order valence-electron chi connectivity index (χ2n) is 11.3. The second kappa shape index (κ2) is 11.3. The molecule has 41 heavy (non-hydrogen) atoms. The number of ether oxygens (including phenoxy) is 3. The van der Waals surface area contributed by atoms with Gasteiger partial charge in [-0.2, -0.15) is 0 Å². The van der Waals surface area contributed by atoms with Crippen LogP contribution in [-0.4, -0.2) is 70.2 Å². The van der Waals surface area contributed by atoms with Crippen molar-refractivity contribution in [3.63, 3.8) is 0 Å². The largest absolute Gasteiger partial charge is 0.480 e. The van der Waals surface area contributed by atoms with Crippen molar-refractivity contribution in [3.8, 4) is 0 Å². The van der Waals surface area contributed by atoms with Crippen molar-refractivity contribution in [2.45, 2.75) is 71.2 Å². The Morgan fingerprint density at radius 1 is 1.15 bits per heavy atom. The molecule has 1 unspecified atom stereocenters. The summed E-state index contributed by atoms with van der Waals surface area (Å²) in [5.74, 6) is -1.48. The lowest BCUT2D eigenvalue weighted by molar-refractivity contribution is -0.164. The molecule has 2 fully saturated rings. The predicted octanol–water partition coefficient (Wildman–Crippen LogP) is 1.82. The van der Waals surface area contributed by atoms with Gasteiger partial charge in [-0.05, 0) is 47.1 Å². The number of carbonyl (C=O) groups is 2. The fourth-order valence-corrected chi connectivity index (χ4v) is 4.76. The molecule has 5 atom stereocenters. The number of aromatic amines is 1. The highest BCUT2D eigenvalue weighted by atomic mass is 31.2. The summed E-state index contributed by atoms with van der Waals surface area (Å²) in [6.45, 7) is 6.39. The lowest BCUT2D eigenvalue weighted by atomic mass is 9.98. The quantitative estimate of drug-likeness (QED) is 0.0916. The van der Waals surface area contributed by atoms with E-state index in [0.29, 0.717) is 4.57 Å². The smallest absolute Gasteiger partial charge is 0.437 e. The van der Waals surface area contributed by atoms with Crippen LogP contribution in [0, 0.1) is 10.8 Å². The number of hydrogen-bond donors (Lipinski definition) is 2. The van der Waals surface area contributed by atoms with Gasteiger partial charge in [-0.3, -0.25) is 28.5 Å². The van der Waals surface area contributed by atoms with E-state index in [4.69, 9.17) is 33.3 Å². The minimum absolute atomic E-state index is 0.648. The maximum absolute atomic E-state index is 15.5. The topological polar surface area (TPSA) is 230 Å². The van der Waals surface area contributed by atoms with Gasteiger partial charge < -0.3 is 19.3 Å². The monoisotopic (exact) mass is 607 g/mol. The molecule has 1 saturated carbocycles. The molecule has 2 heterocycles. The van der Waals surface area contributed by atoms with Gasteiger partial charge in [0.1, 0.15) is 17.2 Å². The van der Waals surface area contributed by atoms with E-state index < -0.39 is 91.7 Å². The average Bonchev–Trinajstić information content (AvgIpc) is 3.26. The van der Waals surface area contributed by atoms with Gasteiger partial charge in [0.05, 0.1) is 17.4 Å². The number of alkyl halides is 1. The summed E-state index contributed by atoms with van der Waals surface area (Å²) >= 11 is 0. The average molecular weight is 607 g/mol. The summed E-state index contributed by atoms with van der Waals surface area (Å²) in [6.07, 6.45) is -3.29. The molecule has 2 N–H and O–H groups in total. The number of aliphatic hydroxyl groups is 1. The summed E-state index contributed by atoms with van der Waals surface area (Å²) in [6, 6.07) is -0.705. The van der Waals surface area contributed by atoms with Crippen LogP contribution < -0.4 is 11.2 Å². The Balaban J connectivity index is 1.83. The molecule has 0 spiro atoms. The fourth-order valence-electron chi connectivity index (χ4n) is 3.83. The Labute approximate surface area is 232 Å². The van der Waals surface area contributed by atoms with Crippen molar-refractivity contribution in [1.82, 2.24) is 9.55 Å². The van der Waals surface area contributed by atoms with Gasteiger partial charge >= 0.3 is 25.5 Å². The van der Waals surface area contributed by atoms with Crippen LogP contribution in [0.4, 0.5) is 4.39 Å². The van der Waals surface area contributed by atoms with E-state index in [2.05, 4.69) is 10.0 Å². The zero-order valence-electron chi connectivity index (χ0n) is 23.1. The van der Waals surface area contributed by atoms with Crippen LogP contribution in [0.1, 0.15) is 47.8 Å². The normalized spacial score (nSPS) is 27.5. The van der Waals surface area contributed by atoms with Gasteiger partial charge in [0.2, 0.25) is 13.6 Å². The van der Waals surface area contributed by atoms with E-state index in [1.807, 2.05) is 4.98 Å². The fraction of sp³-hybridized carbons (Fsp3) is 0.727. The summed E-state index contributed by atoms with van der Waals surface area (Å²) in [4.78, 5) is 52.2. The van der Waals surface area contributed by atoms with Crippen LogP contribution in [0.5, 0.6) is 0 Å². The predicted molar refractivity (Wildman–Crippen MR) is 134 cm³/mol. The number of nitrogens with one attached hydrogen (secondary N) is 1. The van der Waals surface area contributed by atoms with Crippen LogP contribution in [0.2, 0.25) is 0 Å². The summed E-state index contributed by atoms with van der Waals surface area (Å²) in [5.41, 5.74) is 0.417. The van der Waals surface area contributed by atoms with Crippen molar-refractivity contribution >= 4 is 19.8 Å². The van der Waals surface area contributed by atoms with Crippen LogP contribution in [0.25, 0.3) is 10.4 Å². The number of phosphoric ester groups is 1. The van der Waals surface area contributed by atoms with Crippen molar-refractivity contribution in [2.24, 2.45) is 15.9 Å². The summed E-state index contributed by atoms with van der Waals surface area (Å²) < 4.78 is 60.3. The highest BCUT2D eigenvalue weighted by molar-refractivity contribution is 7.48. The molecule has 1 aliphatic carbocycles. The maximum atomic E-state index is 15.5. The number of rotatable bonds is 11. The third-order valence-electron chi connectivity index (χ3n) is 6.21. The van der Waals surface area contributed by atoms with E-state index >= 15 is 4.39 Å². The Hall–Kier alpha value is -3.11. The van der Waals surface area contributed by atoms with Crippen molar-refractivity contribution in [2.75, 3.05) is 20.2 Å². The molecule has 228 valence electrons. The van der Waals surface area contributed by atoms with Gasteiger partial charge in [-0.15, -0.1) is 0 Å². The van der Waals surface area contributed by atoms with Crippen molar-refractivity contribution in [1.29, 1.82) is 0 Å². The number of hydrogen-bond acceptors (Lipinski definition) is 13. The molecule has 19 heteroatoms. The van der Waals surface area contributed by atoms with Gasteiger partial charge in [-0.25, -0.2) is 22.8 Å². The second-order valence-corrected chi connectivity index (χ2v) is 13.0. The number of halogens is 1. The molecule has 0 bridgehead atoms. The minimum Gasteiger partial charge on any atom is -0.437 e. The third-order valence-corrected chi connectivity index (χ3v) is 7.50. The number of esters is 2. The van der Waals surface area contributed by atoms with E-state index in [0.717, 1.165) is 12.3 Å². The van der Waals surface area contributed by atoms with E-state index in [1.165, 1.54) is 0 Å². The first-order valence-electron chi connectivity index (χ1n) is 12.1. The Kier molecular flexibility index (Phi) is 8.92. The number of phosphoric acid groups is 1. The molecule has 0 radical (unpaired) electrons.